The summed E-state index contributed by atoms with van der Waals surface area (Å²) in [6.45, 7) is 0. The van der Waals surface area contributed by atoms with Crippen LogP contribution in [0.25, 0.3) is 11.3 Å². The van der Waals surface area contributed by atoms with Crippen LogP contribution in [0.4, 0.5) is 9.52 Å². The number of carbonyl (C=O) groups is 1. The van der Waals surface area contributed by atoms with Crippen molar-refractivity contribution in [3.63, 3.8) is 0 Å². The molecule has 162 valence electrons. The second-order valence-electron chi connectivity index (χ2n) is 7.65. The van der Waals surface area contributed by atoms with E-state index in [4.69, 9.17) is 0 Å². The lowest BCUT2D eigenvalue weighted by Gasteiger charge is -2.16. The molecule has 0 spiro atoms. The van der Waals surface area contributed by atoms with E-state index in [0.717, 1.165) is 36.2 Å². The average molecular weight is 459 g/mol. The molecule has 0 bridgehead atoms. The summed E-state index contributed by atoms with van der Waals surface area (Å²) in [5.74, 6) is -0.943. The van der Waals surface area contributed by atoms with Gasteiger partial charge in [-0.05, 0) is 73.6 Å². The molecule has 0 saturated heterocycles. The number of nitrogens with one attached hydrogen (secondary N) is 1. The van der Waals surface area contributed by atoms with Crippen molar-refractivity contribution in [1.82, 2.24) is 4.98 Å². The van der Waals surface area contributed by atoms with E-state index in [9.17, 15) is 17.6 Å². The molecule has 0 radical (unpaired) electrons. The molecule has 31 heavy (non-hydrogen) atoms. The number of nitrogens with zero attached hydrogens (tertiary/aromatic N) is 1. The molecule has 2 aromatic carbocycles. The molecule has 1 aliphatic carbocycles. The highest BCUT2D eigenvalue weighted by molar-refractivity contribution is 7.91. The molecular weight excluding hydrogens is 435 g/mol. The van der Waals surface area contributed by atoms with Gasteiger partial charge in [0.1, 0.15) is 5.82 Å². The molecule has 1 amide bonds. The number of anilines is 1. The van der Waals surface area contributed by atoms with Crippen LogP contribution in [0.3, 0.4) is 0 Å². The van der Waals surface area contributed by atoms with E-state index in [-0.39, 0.29) is 29.4 Å². The van der Waals surface area contributed by atoms with E-state index in [1.807, 2.05) is 5.38 Å². The molecule has 0 aliphatic heterocycles. The van der Waals surface area contributed by atoms with Gasteiger partial charge in [0, 0.05) is 17.4 Å². The predicted octanol–water partition coefficient (Wildman–Crippen LogP) is 5.02. The van der Waals surface area contributed by atoms with Gasteiger partial charge in [-0.25, -0.2) is 17.8 Å². The Morgan fingerprint density at radius 3 is 2.58 bits per heavy atom. The van der Waals surface area contributed by atoms with Crippen LogP contribution in [0.15, 0.2) is 52.7 Å². The molecule has 1 heterocycles. The molecule has 5 nitrogen and oxygen atoms in total. The molecule has 0 atom stereocenters. The van der Waals surface area contributed by atoms with Crippen LogP contribution in [0, 0.1) is 5.82 Å². The SMILES string of the molecule is O=C(CCCS(=O)(=O)c1ccc(F)cc1)Nc1nc(-c2ccc3c(c2)CCCC3)cs1. The predicted molar refractivity (Wildman–Crippen MR) is 121 cm³/mol. The third-order valence-electron chi connectivity index (χ3n) is 5.38. The van der Waals surface area contributed by atoms with Gasteiger partial charge in [0.25, 0.3) is 0 Å². The third kappa shape index (κ3) is 5.37. The standard InChI is InChI=1S/C23H23FN2O3S2/c24-19-9-11-20(12-10-19)31(28,29)13-3-6-22(27)26-23-25-21(15-30-23)18-8-7-16-4-1-2-5-17(16)14-18/h7-12,14-15H,1-6,13H2,(H,25,26,27). The monoisotopic (exact) mass is 458 g/mol. The van der Waals surface area contributed by atoms with Crippen LogP contribution >= 0.6 is 11.3 Å². The minimum atomic E-state index is -3.54. The number of halogens is 1. The zero-order chi connectivity index (χ0) is 21.8. The van der Waals surface area contributed by atoms with E-state index >= 15 is 0 Å². The van der Waals surface area contributed by atoms with Crippen molar-refractivity contribution < 1.29 is 17.6 Å². The maximum Gasteiger partial charge on any atom is 0.226 e. The lowest BCUT2D eigenvalue weighted by atomic mass is 9.90. The minimum Gasteiger partial charge on any atom is -0.302 e. The first kappa shape index (κ1) is 21.6. The molecule has 8 heteroatoms. The lowest BCUT2D eigenvalue weighted by molar-refractivity contribution is -0.116. The second kappa shape index (κ2) is 9.28. The third-order valence-corrected chi connectivity index (χ3v) is 7.96. The van der Waals surface area contributed by atoms with Gasteiger partial charge in [-0.2, -0.15) is 0 Å². The van der Waals surface area contributed by atoms with Crippen molar-refractivity contribution in [1.29, 1.82) is 0 Å². The van der Waals surface area contributed by atoms with Crippen LogP contribution in [0.2, 0.25) is 0 Å². The fourth-order valence-electron chi connectivity index (χ4n) is 3.72. The van der Waals surface area contributed by atoms with Crippen molar-refractivity contribution >= 4 is 32.2 Å². The Bertz CT molecular complexity index is 1190. The Morgan fingerprint density at radius 2 is 1.81 bits per heavy atom. The Hall–Kier alpha value is -2.58. The highest BCUT2D eigenvalue weighted by Crippen LogP contribution is 2.29. The fraction of sp³-hybridized carbons (Fsp3) is 0.304. The highest BCUT2D eigenvalue weighted by atomic mass is 32.2. The summed E-state index contributed by atoms with van der Waals surface area (Å²) in [5.41, 5.74) is 4.66. The van der Waals surface area contributed by atoms with Crippen molar-refractivity contribution in [2.75, 3.05) is 11.1 Å². The van der Waals surface area contributed by atoms with Crippen molar-refractivity contribution in [2.24, 2.45) is 0 Å². The summed E-state index contributed by atoms with van der Waals surface area (Å²) in [7, 11) is -3.54. The first-order valence-corrected chi connectivity index (χ1v) is 12.8. The van der Waals surface area contributed by atoms with E-state index in [1.165, 1.54) is 47.4 Å². The molecule has 0 saturated carbocycles. The van der Waals surface area contributed by atoms with Crippen LogP contribution in [0.1, 0.15) is 36.8 Å². The molecule has 4 rings (SSSR count). The Kier molecular flexibility index (Phi) is 6.48. The zero-order valence-electron chi connectivity index (χ0n) is 16.9. The molecule has 1 aromatic heterocycles. The smallest absolute Gasteiger partial charge is 0.226 e. The van der Waals surface area contributed by atoms with Gasteiger partial charge >= 0.3 is 0 Å². The molecule has 0 fully saturated rings. The summed E-state index contributed by atoms with van der Waals surface area (Å²) >= 11 is 1.35. The number of hydrogen-bond donors (Lipinski definition) is 1. The van der Waals surface area contributed by atoms with Gasteiger partial charge in [0.15, 0.2) is 15.0 Å². The summed E-state index contributed by atoms with van der Waals surface area (Å²) in [6, 6.07) is 11.1. The first-order chi connectivity index (χ1) is 14.9. The first-order valence-electron chi connectivity index (χ1n) is 10.3. The van der Waals surface area contributed by atoms with Crippen molar-refractivity contribution in [3.05, 3.63) is 64.8 Å². The summed E-state index contributed by atoms with van der Waals surface area (Å²) in [4.78, 5) is 16.8. The van der Waals surface area contributed by atoms with Crippen LogP contribution in [0.5, 0.6) is 0 Å². The number of sulfone groups is 1. The molecule has 3 aromatic rings. The summed E-state index contributed by atoms with van der Waals surface area (Å²) < 4.78 is 37.5. The summed E-state index contributed by atoms with van der Waals surface area (Å²) in [5, 5.41) is 5.17. The van der Waals surface area contributed by atoms with E-state index in [0.29, 0.717) is 5.13 Å². The topological polar surface area (TPSA) is 76.1 Å². The lowest BCUT2D eigenvalue weighted by Crippen LogP contribution is -2.14. The maximum absolute atomic E-state index is 13.0. The number of carbonyl (C=O) groups excluding carboxylic acids is 1. The number of benzene rings is 2. The second-order valence-corrected chi connectivity index (χ2v) is 10.6. The van der Waals surface area contributed by atoms with Gasteiger partial charge < -0.3 is 5.32 Å². The number of aryl methyl sites for hydroxylation is 2. The van der Waals surface area contributed by atoms with Gasteiger partial charge in [-0.3, -0.25) is 4.79 Å². The van der Waals surface area contributed by atoms with E-state index < -0.39 is 15.7 Å². The van der Waals surface area contributed by atoms with E-state index in [2.05, 4.69) is 28.5 Å². The van der Waals surface area contributed by atoms with E-state index in [1.54, 1.807) is 0 Å². The number of hydrogen-bond acceptors (Lipinski definition) is 5. The minimum absolute atomic E-state index is 0.0592. The molecule has 1 N–H and O–H groups in total. The van der Waals surface area contributed by atoms with Crippen LogP contribution in [-0.4, -0.2) is 25.1 Å². The quantitative estimate of drug-likeness (QED) is 0.505. The van der Waals surface area contributed by atoms with Gasteiger partial charge in [-0.1, -0.05) is 12.1 Å². The van der Waals surface area contributed by atoms with Crippen LogP contribution < -0.4 is 5.32 Å². The van der Waals surface area contributed by atoms with Gasteiger partial charge in [0.2, 0.25) is 5.91 Å². The van der Waals surface area contributed by atoms with Crippen molar-refractivity contribution in [2.45, 2.75) is 43.4 Å². The number of amides is 1. The number of aromatic nitrogens is 1. The van der Waals surface area contributed by atoms with Crippen molar-refractivity contribution in [3.8, 4) is 11.3 Å². The van der Waals surface area contributed by atoms with Gasteiger partial charge in [0.05, 0.1) is 16.3 Å². The zero-order valence-corrected chi connectivity index (χ0v) is 18.6. The van der Waals surface area contributed by atoms with Gasteiger partial charge in [-0.15, -0.1) is 11.3 Å². The highest BCUT2D eigenvalue weighted by Gasteiger charge is 2.16. The number of thiazole rings is 1. The molecule has 1 aliphatic rings. The number of fused-ring (bicyclic) bond motifs is 1. The maximum atomic E-state index is 13.0. The normalized spacial score (nSPS) is 13.6. The molecular formula is C23H23FN2O3S2. The Balaban J connectivity index is 1.31. The Morgan fingerprint density at radius 1 is 1.06 bits per heavy atom. The average Bonchev–Trinajstić information content (AvgIpc) is 3.22. The largest absolute Gasteiger partial charge is 0.302 e. The van der Waals surface area contributed by atoms with Crippen LogP contribution in [-0.2, 0) is 27.5 Å². The number of rotatable bonds is 7. The summed E-state index contributed by atoms with van der Waals surface area (Å²) in [6.07, 6.45) is 4.92. The Labute approximate surface area is 185 Å². The fourth-order valence-corrected chi connectivity index (χ4v) is 5.77. The molecule has 0 unspecified atom stereocenters.